The summed E-state index contributed by atoms with van der Waals surface area (Å²) in [5, 5.41) is 14.6. The number of carbonyl (C=O) groups excluding carboxylic acids is 1. The van der Waals surface area contributed by atoms with Gasteiger partial charge < -0.3 is 10.4 Å². The number of amides is 1. The van der Waals surface area contributed by atoms with Gasteiger partial charge in [0.25, 0.3) is 0 Å². The van der Waals surface area contributed by atoms with E-state index in [0.717, 1.165) is 17.1 Å². The van der Waals surface area contributed by atoms with Crippen LogP contribution >= 0.6 is 11.3 Å². The van der Waals surface area contributed by atoms with Gasteiger partial charge in [0, 0.05) is 18.3 Å². The maximum Gasteiger partial charge on any atom is 0.307 e. The van der Waals surface area contributed by atoms with Crippen molar-refractivity contribution in [1.29, 1.82) is 0 Å². The summed E-state index contributed by atoms with van der Waals surface area (Å²) in [5.41, 5.74) is 0.989. The van der Waals surface area contributed by atoms with Crippen LogP contribution in [0.3, 0.4) is 0 Å². The van der Waals surface area contributed by atoms with Gasteiger partial charge in [0.05, 0.1) is 22.5 Å². The monoisotopic (exact) mass is 268 g/mol. The van der Waals surface area contributed by atoms with Gasteiger partial charge in [0.1, 0.15) is 0 Å². The van der Waals surface area contributed by atoms with Crippen LogP contribution in [-0.2, 0) is 22.4 Å². The third kappa shape index (κ3) is 3.07. The van der Waals surface area contributed by atoms with Gasteiger partial charge in [-0.15, -0.1) is 11.3 Å². The number of nitrogens with zero attached hydrogens (tertiary/aromatic N) is 1. The van der Waals surface area contributed by atoms with E-state index >= 15 is 0 Å². The van der Waals surface area contributed by atoms with Crippen LogP contribution in [-0.4, -0.2) is 28.5 Å². The van der Waals surface area contributed by atoms with Crippen molar-refractivity contribution in [2.75, 3.05) is 6.54 Å². The second-order valence-corrected chi connectivity index (χ2v) is 5.36. The predicted octanol–water partition coefficient (Wildman–Crippen LogP) is 1.08. The van der Waals surface area contributed by atoms with Gasteiger partial charge >= 0.3 is 5.97 Å². The standard InChI is InChI=1S/C12H16N2O3S/c1-2-10-14-7(6-18-10)3-4-13-11(15)8-5-9(8)12(16)17/h6,8-9H,2-5H2,1H3,(H,13,15)(H,16,17)/t8-,9-/m1/s1. The number of aliphatic carboxylic acids is 1. The molecule has 0 unspecified atom stereocenters. The molecule has 1 heterocycles. The molecule has 1 aliphatic carbocycles. The summed E-state index contributed by atoms with van der Waals surface area (Å²) >= 11 is 1.63. The number of aromatic nitrogens is 1. The first-order valence-electron chi connectivity index (χ1n) is 6.05. The van der Waals surface area contributed by atoms with Gasteiger partial charge in [-0.05, 0) is 12.8 Å². The Kier molecular flexibility index (Phi) is 3.96. The highest BCUT2D eigenvalue weighted by atomic mass is 32.1. The van der Waals surface area contributed by atoms with Crippen LogP contribution in [0.25, 0.3) is 0 Å². The molecule has 0 bridgehead atoms. The van der Waals surface area contributed by atoms with Crippen LogP contribution in [0.5, 0.6) is 0 Å². The Morgan fingerprint density at radius 1 is 1.56 bits per heavy atom. The normalized spacial score (nSPS) is 21.6. The molecule has 5 nitrogen and oxygen atoms in total. The molecule has 2 rings (SSSR count). The fraction of sp³-hybridized carbons (Fsp3) is 0.583. The Morgan fingerprint density at radius 2 is 2.33 bits per heavy atom. The molecule has 2 N–H and O–H groups in total. The first-order chi connectivity index (χ1) is 8.61. The van der Waals surface area contributed by atoms with Crippen molar-refractivity contribution in [3.63, 3.8) is 0 Å². The number of hydrogen-bond acceptors (Lipinski definition) is 4. The second kappa shape index (κ2) is 5.48. The quantitative estimate of drug-likeness (QED) is 0.809. The zero-order valence-corrected chi connectivity index (χ0v) is 11.0. The van der Waals surface area contributed by atoms with E-state index in [1.165, 1.54) is 0 Å². The molecule has 1 saturated carbocycles. The van der Waals surface area contributed by atoms with Crippen LogP contribution in [0.15, 0.2) is 5.38 Å². The number of carboxylic acids is 1. The van der Waals surface area contributed by atoms with E-state index in [9.17, 15) is 9.59 Å². The third-order valence-corrected chi connectivity index (χ3v) is 4.07. The summed E-state index contributed by atoms with van der Waals surface area (Å²) in [6, 6.07) is 0. The van der Waals surface area contributed by atoms with E-state index < -0.39 is 11.9 Å². The molecule has 18 heavy (non-hydrogen) atoms. The van der Waals surface area contributed by atoms with Crippen LogP contribution in [0.1, 0.15) is 24.0 Å². The van der Waals surface area contributed by atoms with Crippen molar-refractivity contribution in [1.82, 2.24) is 10.3 Å². The molecule has 1 amide bonds. The summed E-state index contributed by atoms with van der Waals surface area (Å²) in [7, 11) is 0. The number of rotatable bonds is 6. The van der Waals surface area contributed by atoms with Crippen molar-refractivity contribution in [2.45, 2.75) is 26.2 Å². The van der Waals surface area contributed by atoms with Gasteiger partial charge in [0.2, 0.25) is 5.91 Å². The lowest BCUT2D eigenvalue weighted by Crippen LogP contribution is -2.28. The van der Waals surface area contributed by atoms with Gasteiger partial charge in [-0.1, -0.05) is 6.92 Å². The molecule has 0 aliphatic heterocycles. The smallest absolute Gasteiger partial charge is 0.307 e. The van der Waals surface area contributed by atoms with E-state index in [1.54, 1.807) is 11.3 Å². The number of aryl methyl sites for hydroxylation is 1. The largest absolute Gasteiger partial charge is 0.481 e. The summed E-state index contributed by atoms with van der Waals surface area (Å²) in [4.78, 5) is 26.6. The first-order valence-corrected chi connectivity index (χ1v) is 6.93. The summed E-state index contributed by atoms with van der Waals surface area (Å²) in [6.45, 7) is 2.58. The second-order valence-electron chi connectivity index (χ2n) is 4.41. The number of carboxylic acid groups (broad SMARTS) is 1. The minimum absolute atomic E-state index is 0.145. The molecule has 98 valence electrons. The molecule has 1 aromatic rings. The predicted molar refractivity (Wildman–Crippen MR) is 67.4 cm³/mol. The average Bonchev–Trinajstić information content (AvgIpc) is 3.03. The van der Waals surface area contributed by atoms with E-state index in [4.69, 9.17) is 5.11 Å². The third-order valence-electron chi connectivity index (χ3n) is 3.03. The lowest BCUT2D eigenvalue weighted by Gasteiger charge is -2.02. The summed E-state index contributed by atoms with van der Waals surface area (Å²) in [6.07, 6.45) is 2.10. The number of nitrogens with one attached hydrogen (secondary N) is 1. The fourth-order valence-corrected chi connectivity index (χ4v) is 2.61. The molecule has 0 radical (unpaired) electrons. The number of carbonyl (C=O) groups is 2. The van der Waals surface area contributed by atoms with E-state index in [-0.39, 0.29) is 11.8 Å². The molecule has 6 heteroatoms. The van der Waals surface area contributed by atoms with Crippen LogP contribution in [0.2, 0.25) is 0 Å². The van der Waals surface area contributed by atoms with Crippen molar-refractivity contribution >= 4 is 23.2 Å². The minimum Gasteiger partial charge on any atom is -0.481 e. The molecule has 0 aromatic carbocycles. The molecular formula is C12H16N2O3S. The Balaban J connectivity index is 1.69. The van der Waals surface area contributed by atoms with Crippen molar-refractivity contribution in [2.24, 2.45) is 11.8 Å². The minimum atomic E-state index is -0.873. The molecule has 1 fully saturated rings. The summed E-state index contributed by atoms with van der Waals surface area (Å²) < 4.78 is 0. The highest BCUT2D eigenvalue weighted by Crippen LogP contribution is 2.38. The Morgan fingerprint density at radius 3 is 2.89 bits per heavy atom. The van der Waals surface area contributed by atoms with E-state index in [0.29, 0.717) is 19.4 Å². The van der Waals surface area contributed by atoms with Crippen LogP contribution in [0.4, 0.5) is 0 Å². The van der Waals surface area contributed by atoms with Crippen molar-refractivity contribution < 1.29 is 14.7 Å². The average molecular weight is 268 g/mol. The highest BCUT2D eigenvalue weighted by molar-refractivity contribution is 7.09. The van der Waals surface area contributed by atoms with E-state index in [1.807, 2.05) is 5.38 Å². The summed E-state index contributed by atoms with van der Waals surface area (Å²) in [5.74, 6) is -1.82. The first kappa shape index (κ1) is 13.0. The fourth-order valence-electron chi connectivity index (χ4n) is 1.83. The van der Waals surface area contributed by atoms with Crippen LogP contribution < -0.4 is 5.32 Å². The maximum atomic E-state index is 11.6. The highest BCUT2D eigenvalue weighted by Gasteiger charge is 2.48. The van der Waals surface area contributed by atoms with Gasteiger partial charge in [-0.2, -0.15) is 0 Å². The van der Waals surface area contributed by atoms with Gasteiger partial charge in [0.15, 0.2) is 0 Å². The zero-order valence-electron chi connectivity index (χ0n) is 10.2. The Labute approximate surface area is 109 Å². The van der Waals surface area contributed by atoms with Crippen LogP contribution in [0, 0.1) is 11.8 Å². The number of thiazole rings is 1. The van der Waals surface area contributed by atoms with Gasteiger partial charge in [-0.25, -0.2) is 4.98 Å². The SMILES string of the molecule is CCc1nc(CCNC(=O)[C@@H]2C[C@H]2C(=O)O)cs1. The van der Waals surface area contributed by atoms with Gasteiger partial charge in [-0.3, -0.25) is 9.59 Å². The molecule has 1 aliphatic rings. The zero-order chi connectivity index (χ0) is 13.1. The lowest BCUT2D eigenvalue weighted by atomic mass is 10.3. The Hall–Kier alpha value is -1.43. The van der Waals surface area contributed by atoms with Crippen molar-refractivity contribution in [3.8, 4) is 0 Å². The lowest BCUT2D eigenvalue weighted by molar-refractivity contribution is -0.140. The van der Waals surface area contributed by atoms with E-state index in [2.05, 4.69) is 17.2 Å². The molecule has 0 spiro atoms. The molecule has 1 aromatic heterocycles. The molecule has 2 atom stereocenters. The molecule has 0 saturated heterocycles. The molecular weight excluding hydrogens is 252 g/mol. The Bertz CT molecular complexity index is 458. The topological polar surface area (TPSA) is 79.3 Å². The maximum absolute atomic E-state index is 11.6. The van der Waals surface area contributed by atoms with Crippen molar-refractivity contribution in [3.05, 3.63) is 16.1 Å². The number of hydrogen-bond donors (Lipinski definition) is 2.